The van der Waals surface area contributed by atoms with Gasteiger partial charge in [-0.2, -0.15) is 13.2 Å². The van der Waals surface area contributed by atoms with Crippen LogP contribution in [0.1, 0.15) is 16.9 Å². The molecule has 0 atom stereocenters. The summed E-state index contributed by atoms with van der Waals surface area (Å²) >= 11 is 1.29. The molecule has 3 aromatic rings. The summed E-state index contributed by atoms with van der Waals surface area (Å²) in [7, 11) is 0. The van der Waals surface area contributed by atoms with Gasteiger partial charge in [0.05, 0.1) is 17.4 Å². The predicted molar refractivity (Wildman–Crippen MR) is 83.6 cm³/mol. The third-order valence-electron chi connectivity index (χ3n) is 3.41. The molecular formula is C15H13F3N4OS. The SMILES string of the molecule is Cc1occc1-c1nnc(SCc2ccc(C(F)(F)F)cc2)n1N. The Balaban J connectivity index is 1.72. The fourth-order valence-corrected chi connectivity index (χ4v) is 2.93. The van der Waals surface area contributed by atoms with E-state index in [1.807, 2.05) is 0 Å². The van der Waals surface area contributed by atoms with Crippen molar-refractivity contribution in [3.05, 3.63) is 53.5 Å². The molecule has 0 aliphatic rings. The van der Waals surface area contributed by atoms with Gasteiger partial charge in [0.2, 0.25) is 5.16 Å². The molecule has 126 valence electrons. The van der Waals surface area contributed by atoms with Crippen LogP contribution in [0.3, 0.4) is 0 Å². The molecule has 5 nitrogen and oxygen atoms in total. The fourth-order valence-electron chi connectivity index (χ4n) is 2.11. The van der Waals surface area contributed by atoms with Crippen molar-refractivity contribution in [3.8, 4) is 11.4 Å². The third-order valence-corrected chi connectivity index (χ3v) is 4.43. The molecule has 0 aliphatic carbocycles. The summed E-state index contributed by atoms with van der Waals surface area (Å²) in [6.45, 7) is 1.79. The number of nitrogens with zero attached hydrogens (tertiary/aromatic N) is 3. The minimum absolute atomic E-state index is 0.428. The van der Waals surface area contributed by atoms with Crippen molar-refractivity contribution >= 4 is 11.8 Å². The second kappa shape index (κ2) is 6.23. The number of aromatic nitrogens is 3. The van der Waals surface area contributed by atoms with Gasteiger partial charge >= 0.3 is 6.18 Å². The normalized spacial score (nSPS) is 11.8. The first kappa shape index (κ1) is 16.4. The number of thioether (sulfide) groups is 1. The van der Waals surface area contributed by atoms with Crippen LogP contribution in [-0.4, -0.2) is 14.9 Å². The number of nitrogen functional groups attached to an aromatic ring is 1. The van der Waals surface area contributed by atoms with E-state index in [1.165, 1.54) is 34.8 Å². The first-order chi connectivity index (χ1) is 11.4. The number of benzene rings is 1. The number of rotatable bonds is 4. The van der Waals surface area contributed by atoms with Crippen LogP contribution in [0.15, 0.2) is 46.2 Å². The molecule has 0 fully saturated rings. The summed E-state index contributed by atoms with van der Waals surface area (Å²) in [5.74, 6) is 7.56. The minimum Gasteiger partial charge on any atom is -0.469 e. The Morgan fingerprint density at radius 1 is 1.17 bits per heavy atom. The van der Waals surface area contributed by atoms with E-state index in [-0.39, 0.29) is 0 Å². The summed E-state index contributed by atoms with van der Waals surface area (Å²) < 4.78 is 44.2. The van der Waals surface area contributed by atoms with E-state index in [9.17, 15) is 13.2 Å². The monoisotopic (exact) mass is 354 g/mol. The highest BCUT2D eigenvalue weighted by atomic mass is 32.2. The van der Waals surface area contributed by atoms with Gasteiger partial charge < -0.3 is 10.3 Å². The molecule has 2 heterocycles. The average molecular weight is 354 g/mol. The van der Waals surface area contributed by atoms with Crippen molar-refractivity contribution in [2.75, 3.05) is 5.84 Å². The van der Waals surface area contributed by atoms with E-state index in [2.05, 4.69) is 10.2 Å². The number of nitrogens with two attached hydrogens (primary N) is 1. The molecule has 0 amide bonds. The van der Waals surface area contributed by atoms with Gasteiger partial charge in [0.25, 0.3) is 0 Å². The van der Waals surface area contributed by atoms with Gasteiger partial charge in [-0.25, -0.2) is 4.68 Å². The van der Waals surface area contributed by atoms with Crippen LogP contribution in [-0.2, 0) is 11.9 Å². The zero-order chi connectivity index (χ0) is 17.3. The van der Waals surface area contributed by atoms with Crippen LogP contribution < -0.4 is 5.84 Å². The van der Waals surface area contributed by atoms with Crippen LogP contribution >= 0.6 is 11.8 Å². The van der Waals surface area contributed by atoms with E-state index >= 15 is 0 Å². The van der Waals surface area contributed by atoms with Gasteiger partial charge in [-0.3, -0.25) is 0 Å². The Bertz CT molecular complexity index is 839. The fraction of sp³-hybridized carbons (Fsp3) is 0.200. The Morgan fingerprint density at radius 3 is 2.46 bits per heavy atom. The first-order valence-corrected chi connectivity index (χ1v) is 7.88. The minimum atomic E-state index is -4.33. The Hall–Kier alpha value is -2.42. The van der Waals surface area contributed by atoms with Crippen LogP contribution in [0.4, 0.5) is 13.2 Å². The lowest BCUT2D eigenvalue weighted by Gasteiger charge is -2.07. The van der Waals surface area contributed by atoms with Gasteiger partial charge in [0.15, 0.2) is 5.82 Å². The molecule has 2 aromatic heterocycles. The summed E-state index contributed by atoms with van der Waals surface area (Å²) in [6.07, 6.45) is -2.80. The van der Waals surface area contributed by atoms with E-state index in [0.29, 0.717) is 22.5 Å². The lowest BCUT2D eigenvalue weighted by atomic mass is 10.1. The largest absolute Gasteiger partial charge is 0.469 e. The number of aryl methyl sites for hydroxylation is 1. The molecule has 0 saturated carbocycles. The van der Waals surface area contributed by atoms with Crippen LogP contribution in [0.5, 0.6) is 0 Å². The smallest absolute Gasteiger partial charge is 0.416 e. The number of halogens is 3. The van der Waals surface area contributed by atoms with Gasteiger partial charge in [-0.1, -0.05) is 23.9 Å². The average Bonchev–Trinajstić information content (AvgIpc) is 3.10. The molecule has 1 aromatic carbocycles. The highest BCUT2D eigenvalue weighted by Crippen LogP contribution is 2.30. The van der Waals surface area contributed by atoms with E-state index in [1.54, 1.807) is 13.0 Å². The Morgan fingerprint density at radius 2 is 1.88 bits per heavy atom. The summed E-state index contributed by atoms with van der Waals surface area (Å²) in [5, 5.41) is 8.51. The Labute approximate surface area is 139 Å². The molecule has 9 heteroatoms. The van der Waals surface area contributed by atoms with Crippen molar-refractivity contribution in [1.29, 1.82) is 0 Å². The number of alkyl halides is 3. The zero-order valence-corrected chi connectivity index (χ0v) is 13.4. The molecule has 0 radical (unpaired) electrons. The highest BCUT2D eigenvalue weighted by Gasteiger charge is 2.29. The number of furan rings is 1. The molecule has 2 N–H and O–H groups in total. The molecule has 24 heavy (non-hydrogen) atoms. The van der Waals surface area contributed by atoms with E-state index in [0.717, 1.165) is 23.3 Å². The first-order valence-electron chi connectivity index (χ1n) is 6.90. The maximum absolute atomic E-state index is 12.5. The molecule has 0 bridgehead atoms. The Kier molecular flexibility index (Phi) is 4.27. The standard InChI is InChI=1S/C15H13F3N4OS/c1-9-12(6-7-23-9)13-20-21-14(22(13)19)24-8-10-2-4-11(5-3-10)15(16,17)18/h2-7H,8,19H2,1H3. The summed E-state index contributed by atoms with van der Waals surface area (Å²) in [4.78, 5) is 0. The number of hydrogen-bond acceptors (Lipinski definition) is 5. The molecule has 0 unspecified atom stereocenters. The van der Waals surface area contributed by atoms with Crippen LogP contribution in [0.2, 0.25) is 0 Å². The third kappa shape index (κ3) is 3.25. The van der Waals surface area contributed by atoms with Crippen molar-refractivity contribution in [3.63, 3.8) is 0 Å². The zero-order valence-electron chi connectivity index (χ0n) is 12.5. The molecule has 0 aliphatic heterocycles. The predicted octanol–water partition coefficient (Wildman–Crippen LogP) is 3.87. The molecule has 3 rings (SSSR count). The van der Waals surface area contributed by atoms with E-state index < -0.39 is 11.7 Å². The van der Waals surface area contributed by atoms with Crippen molar-refractivity contribution in [2.24, 2.45) is 0 Å². The topological polar surface area (TPSA) is 69.9 Å². The lowest BCUT2D eigenvalue weighted by molar-refractivity contribution is -0.137. The maximum Gasteiger partial charge on any atom is 0.416 e. The summed E-state index contributed by atoms with van der Waals surface area (Å²) in [6, 6.07) is 6.74. The van der Waals surface area contributed by atoms with Crippen molar-refractivity contribution in [2.45, 2.75) is 24.0 Å². The van der Waals surface area contributed by atoms with Crippen LogP contribution in [0, 0.1) is 6.92 Å². The van der Waals surface area contributed by atoms with Crippen LogP contribution in [0.25, 0.3) is 11.4 Å². The second-order valence-electron chi connectivity index (χ2n) is 5.05. The molecule has 0 spiro atoms. The van der Waals surface area contributed by atoms with E-state index in [4.69, 9.17) is 10.3 Å². The molecule has 0 saturated heterocycles. The maximum atomic E-state index is 12.5. The van der Waals surface area contributed by atoms with Crippen molar-refractivity contribution in [1.82, 2.24) is 14.9 Å². The van der Waals surface area contributed by atoms with Gasteiger partial charge in [0, 0.05) is 5.75 Å². The van der Waals surface area contributed by atoms with Gasteiger partial charge in [0.1, 0.15) is 5.76 Å². The second-order valence-corrected chi connectivity index (χ2v) is 5.99. The number of hydrogen-bond donors (Lipinski definition) is 1. The van der Waals surface area contributed by atoms with Gasteiger partial charge in [-0.05, 0) is 30.7 Å². The highest BCUT2D eigenvalue weighted by molar-refractivity contribution is 7.98. The summed E-state index contributed by atoms with van der Waals surface area (Å²) in [5.41, 5.74) is 0.805. The molecular weight excluding hydrogens is 341 g/mol. The lowest BCUT2D eigenvalue weighted by Crippen LogP contribution is -2.11. The van der Waals surface area contributed by atoms with Gasteiger partial charge in [-0.15, -0.1) is 10.2 Å². The quantitative estimate of drug-likeness (QED) is 0.569. The van der Waals surface area contributed by atoms with Crippen molar-refractivity contribution < 1.29 is 17.6 Å².